The number of nitrogens with one attached hydrogen (secondary N) is 1. The predicted octanol–water partition coefficient (Wildman–Crippen LogP) is 4.83. The third-order valence-electron chi connectivity index (χ3n) is 5.31. The predicted molar refractivity (Wildman–Crippen MR) is 120 cm³/mol. The smallest absolute Gasteiger partial charge is 0.435 e. The highest BCUT2D eigenvalue weighted by Gasteiger charge is 2.33. The maximum absolute atomic E-state index is 13.0. The minimum absolute atomic E-state index is 0.214. The summed E-state index contributed by atoms with van der Waals surface area (Å²) in [5.41, 5.74) is 0.210. The lowest BCUT2D eigenvalue weighted by Crippen LogP contribution is -2.27. The van der Waals surface area contributed by atoms with Gasteiger partial charge in [0.05, 0.1) is 24.9 Å². The molecule has 1 N–H and O–H groups in total. The van der Waals surface area contributed by atoms with Gasteiger partial charge in [0.15, 0.2) is 5.69 Å². The summed E-state index contributed by atoms with van der Waals surface area (Å²) in [6.07, 6.45) is -1.90. The van der Waals surface area contributed by atoms with Crippen molar-refractivity contribution < 1.29 is 27.4 Å². The molecular weight excluding hydrogens is 469 g/mol. The van der Waals surface area contributed by atoms with Crippen molar-refractivity contribution in [3.8, 4) is 16.3 Å². The van der Waals surface area contributed by atoms with Crippen molar-refractivity contribution in [1.82, 2.24) is 20.5 Å². The number of hydrogen-bond donors (Lipinski definition) is 1. The van der Waals surface area contributed by atoms with Crippen LogP contribution >= 0.6 is 11.3 Å². The Kier molecular flexibility index (Phi) is 7.13. The first-order valence-corrected chi connectivity index (χ1v) is 11.5. The van der Waals surface area contributed by atoms with Crippen molar-refractivity contribution in [1.29, 1.82) is 0 Å². The molecule has 1 fully saturated rings. The van der Waals surface area contributed by atoms with E-state index in [-0.39, 0.29) is 5.69 Å². The highest BCUT2D eigenvalue weighted by atomic mass is 32.1. The Morgan fingerprint density at radius 3 is 2.74 bits per heavy atom. The molecule has 3 aromatic rings. The van der Waals surface area contributed by atoms with Crippen LogP contribution in [0.15, 0.2) is 36.5 Å². The summed E-state index contributed by atoms with van der Waals surface area (Å²) in [6.45, 7) is 5.40. The number of carbonyl (C=O) groups is 1. The van der Waals surface area contributed by atoms with E-state index >= 15 is 0 Å². The highest BCUT2D eigenvalue weighted by molar-refractivity contribution is 7.14. The molecule has 34 heavy (non-hydrogen) atoms. The molecule has 180 valence electrons. The quantitative estimate of drug-likeness (QED) is 0.508. The van der Waals surface area contributed by atoms with Gasteiger partial charge in [0.1, 0.15) is 10.8 Å². The summed E-state index contributed by atoms with van der Waals surface area (Å²) < 4.78 is 49.6. The molecule has 0 aliphatic carbocycles. The lowest BCUT2D eigenvalue weighted by atomic mass is 10.1. The average Bonchev–Trinajstić information content (AvgIpc) is 3.49. The third kappa shape index (κ3) is 5.89. The standard InChI is InChI=1S/C23H23F3N4O3S/c1-13-10-27-22(34-13)17-7-16(8-18(9-17)33-12-15-5-6-32-11-15)21(31)28-14(2)19-3-4-20(30-29-19)23(24,25)26/h3-4,7-10,14-15H,5-6,11-12H2,1-2H3,(H,28,31)/t14?,15-/m0/s1. The topological polar surface area (TPSA) is 86.2 Å². The summed E-state index contributed by atoms with van der Waals surface area (Å²) in [6, 6.07) is 6.58. The molecule has 0 saturated carbocycles. The van der Waals surface area contributed by atoms with E-state index in [4.69, 9.17) is 9.47 Å². The van der Waals surface area contributed by atoms with Crippen molar-refractivity contribution in [3.05, 3.63) is 58.4 Å². The van der Waals surface area contributed by atoms with Crippen LogP contribution in [0.4, 0.5) is 13.2 Å². The third-order valence-corrected chi connectivity index (χ3v) is 6.28. The van der Waals surface area contributed by atoms with Gasteiger partial charge in [0.2, 0.25) is 0 Å². The van der Waals surface area contributed by atoms with Crippen LogP contribution < -0.4 is 10.1 Å². The number of hydrogen-bond acceptors (Lipinski definition) is 7. The Balaban J connectivity index is 1.53. The van der Waals surface area contributed by atoms with Crippen molar-refractivity contribution in [2.24, 2.45) is 5.92 Å². The zero-order valence-electron chi connectivity index (χ0n) is 18.6. The molecular formula is C23H23F3N4O3S. The number of aryl methyl sites for hydroxylation is 1. The minimum atomic E-state index is -4.58. The van der Waals surface area contributed by atoms with Gasteiger partial charge in [0.25, 0.3) is 5.91 Å². The summed E-state index contributed by atoms with van der Waals surface area (Å²) in [7, 11) is 0. The molecule has 11 heteroatoms. The number of amides is 1. The molecule has 1 unspecified atom stereocenters. The van der Waals surface area contributed by atoms with Crippen LogP contribution in [0.1, 0.15) is 46.0 Å². The zero-order valence-corrected chi connectivity index (χ0v) is 19.4. The van der Waals surface area contributed by atoms with Crippen molar-refractivity contribution >= 4 is 17.2 Å². The van der Waals surface area contributed by atoms with E-state index < -0.39 is 23.8 Å². The van der Waals surface area contributed by atoms with Gasteiger partial charge in [-0.05, 0) is 50.6 Å². The van der Waals surface area contributed by atoms with E-state index in [0.29, 0.717) is 37.1 Å². The number of carbonyl (C=O) groups excluding carboxylic acids is 1. The molecule has 1 aliphatic rings. The Morgan fingerprint density at radius 1 is 1.29 bits per heavy atom. The van der Waals surface area contributed by atoms with E-state index in [1.165, 1.54) is 17.4 Å². The first-order chi connectivity index (χ1) is 16.2. The van der Waals surface area contributed by atoms with Crippen molar-refractivity contribution in [2.75, 3.05) is 19.8 Å². The van der Waals surface area contributed by atoms with Gasteiger partial charge in [-0.15, -0.1) is 16.4 Å². The maximum Gasteiger partial charge on any atom is 0.435 e. The SMILES string of the molecule is Cc1cnc(-c2cc(OC[C@H]3CCOC3)cc(C(=O)NC(C)c3ccc(C(F)(F)F)nn3)c2)s1. The van der Waals surface area contributed by atoms with E-state index in [9.17, 15) is 18.0 Å². The number of benzene rings is 1. The zero-order chi connectivity index (χ0) is 24.3. The summed E-state index contributed by atoms with van der Waals surface area (Å²) in [5, 5.41) is 10.4. The normalized spacial score (nSPS) is 16.9. The lowest BCUT2D eigenvalue weighted by Gasteiger charge is -2.16. The fourth-order valence-electron chi connectivity index (χ4n) is 3.43. The Labute approximate surface area is 198 Å². The molecule has 1 aromatic carbocycles. The molecule has 2 aromatic heterocycles. The first-order valence-electron chi connectivity index (χ1n) is 10.7. The number of thiazole rings is 1. The molecule has 2 atom stereocenters. The summed E-state index contributed by atoms with van der Waals surface area (Å²) >= 11 is 1.50. The van der Waals surface area contributed by atoms with E-state index in [0.717, 1.165) is 27.9 Å². The van der Waals surface area contributed by atoms with Crippen molar-refractivity contribution in [2.45, 2.75) is 32.5 Å². The molecule has 3 heterocycles. The molecule has 1 saturated heterocycles. The van der Waals surface area contributed by atoms with Gasteiger partial charge in [-0.1, -0.05) is 0 Å². The van der Waals surface area contributed by atoms with Gasteiger partial charge in [-0.3, -0.25) is 4.79 Å². The van der Waals surface area contributed by atoms with Crippen LogP contribution in [0.3, 0.4) is 0 Å². The monoisotopic (exact) mass is 492 g/mol. The van der Waals surface area contributed by atoms with Gasteiger partial charge >= 0.3 is 6.18 Å². The Morgan fingerprint density at radius 2 is 2.12 bits per heavy atom. The van der Waals surface area contributed by atoms with Crippen LogP contribution in [0, 0.1) is 12.8 Å². The van der Waals surface area contributed by atoms with Gasteiger partial charge < -0.3 is 14.8 Å². The molecule has 4 rings (SSSR count). The van der Waals surface area contributed by atoms with Gasteiger partial charge in [-0.25, -0.2) is 4.98 Å². The molecule has 0 radical (unpaired) electrons. The van der Waals surface area contributed by atoms with E-state index in [1.807, 2.05) is 13.0 Å². The van der Waals surface area contributed by atoms with Crippen molar-refractivity contribution in [3.63, 3.8) is 0 Å². The number of rotatable bonds is 7. The van der Waals surface area contributed by atoms with Crippen LogP contribution in [0.2, 0.25) is 0 Å². The molecule has 0 bridgehead atoms. The Hall–Kier alpha value is -3.05. The highest BCUT2D eigenvalue weighted by Crippen LogP contribution is 2.31. The largest absolute Gasteiger partial charge is 0.493 e. The number of aromatic nitrogens is 3. The second-order valence-electron chi connectivity index (χ2n) is 8.10. The van der Waals surface area contributed by atoms with E-state index in [2.05, 4.69) is 20.5 Å². The minimum Gasteiger partial charge on any atom is -0.493 e. The number of halogens is 3. The fraction of sp³-hybridized carbons (Fsp3) is 0.391. The molecule has 1 aliphatic heterocycles. The summed E-state index contributed by atoms with van der Waals surface area (Å²) in [4.78, 5) is 18.5. The van der Waals surface area contributed by atoms with E-state index in [1.54, 1.807) is 25.3 Å². The maximum atomic E-state index is 13.0. The second kappa shape index (κ2) is 10.1. The van der Waals surface area contributed by atoms with Gasteiger partial charge in [0, 0.05) is 34.7 Å². The average molecular weight is 493 g/mol. The Bertz CT molecular complexity index is 1150. The number of alkyl halides is 3. The second-order valence-corrected chi connectivity index (χ2v) is 9.33. The molecule has 0 spiro atoms. The fourth-order valence-corrected chi connectivity index (χ4v) is 4.18. The van der Waals surface area contributed by atoms with Gasteiger partial charge in [-0.2, -0.15) is 18.3 Å². The summed E-state index contributed by atoms with van der Waals surface area (Å²) in [5.74, 6) is 0.407. The molecule has 1 amide bonds. The van der Waals surface area contributed by atoms with Crippen LogP contribution in [-0.4, -0.2) is 40.9 Å². The van der Waals surface area contributed by atoms with Crippen LogP contribution in [-0.2, 0) is 10.9 Å². The first kappa shape index (κ1) is 24.1. The van der Waals surface area contributed by atoms with Crippen LogP contribution in [0.5, 0.6) is 5.75 Å². The molecule has 7 nitrogen and oxygen atoms in total. The van der Waals surface area contributed by atoms with Crippen LogP contribution in [0.25, 0.3) is 10.6 Å². The number of ether oxygens (including phenoxy) is 2. The number of nitrogens with zero attached hydrogens (tertiary/aromatic N) is 3. The lowest BCUT2D eigenvalue weighted by molar-refractivity contribution is -0.141.